The molecule has 0 fully saturated rings. The Morgan fingerprint density at radius 1 is 1.09 bits per heavy atom. The maximum Gasteiger partial charge on any atom is 0.276 e. The van der Waals surface area contributed by atoms with Gasteiger partial charge in [-0.1, -0.05) is 0 Å². The van der Waals surface area contributed by atoms with Crippen molar-refractivity contribution in [2.45, 2.75) is 13.0 Å². The van der Waals surface area contributed by atoms with Crippen molar-refractivity contribution in [2.75, 3.05) is 18.6 Å². The number of nitrogens with one attached hydrogen (secondary N) is 1. The SMILES string of the molecule is Cc1cc(=O)c(C(=O)NC2COc3cc(C#N)ccc3N(C)C2=O)nn1-c1ccc(C#N)cc1. The number of likely N-dealkylation sites (N-methyl/N-ethyl adjacent to an activating group) is 1. The minimum absolute atomic E-state index is 0.188. The Balaban J connectivity index is 1.61. The fourth-order valence-corrected chi connectivity index (χ4v) is 3.55. The molecule has 1 N–H and O–H groups in total. The number of carbonyl (C=O) groups excluding carboxylic acids is 2. The molecule has 10 nitrogen and oxygen atoms in total. The summed E-state index contributed by atoms with van der Waals surface area (Å²) in [7, 11) is 1.53. The van der Waals surface area contributed by atoms with E-state index in [1.54, 1.807) is 43.3 Å². The van der Waals surface area contributed by atoms with Crippen LogP contribution in [-0.2, 0) is 4.79 Å². The fourth-order valence-electron chi connectivity index (χ4n) is 3.55. The monoisotopic (exact) mass is 454 g/mol. The number of aromatic nitrogens is 2. The summed E-state index contributed by atoms with van der Waals surface area (Å²) in [4.78, 5) is 39.8. The van der Waals surface area contributed by atoms with E-state index in [-0.39, 0.29) is 12.3 Å². The number of amides is 2. The van der Waals surface area contributed by atoms with Gasteiger partial charge in [-0.2, -0.15) is 15.6 Å². The van der Waals surface area contributed by atoms with Gasteiger partial charge in [0.15, 0.2) is 5.69 Å². The molecule has 1 aliphatic rings. The third-order valence-corrected chi connectivity index (χ3v) is 5.35. The number of anilines is 1. The molecule has 1 atom stereocenters. The highest BCUT2D eigenvalue weighted by Crippen LogP contribution is 2.31. The van der Waals surface area contributed by atoms with Crippen molar-refractivity contribution in [3.8, 4) is 23.6 Å². The van der Waals surface area contributed by atoms with Crippen LogP contribution in [-0.4, -0.2) is 41.3 Å². The Morgan fingerprint density at radius 2 is 1.76 bits per heavy atom. The molecule has 0 saturated heterocycles. The lowest BCUT2D eigenvalue weighted by molar-refractivity contribution is -0.120. The highest BCUT2D eigenvalue weighted by Gasteiger charge is 2.32. The van der Waals surface area contributed by atoms with Gasteiger partial charge in [0.25, 0.3) is 11.8 Å². The van der Waals surface area contributed by atoms with Gasteiger partial charge in [0.2, 0.25) is 5.43 Å². The van der Waals surface area contributed by atoms with Gasteiger partial charge in [-0.15, -0.1) is 0 Å². The first-order valence-corrected chi connectivity index (χ1v) is 10.2. The Kier molecular flexibility index (Phi) is 5.81. The molecular formula is C24H18N6O4. The van der Waals surface area contributed by atoms with Crippen molar-refractivity contribution in [2.24, 2.45) is 0 Å². The summed E-state index contributed by atoms with van der Waals surface area (Å²) in [6.07, 6.45) is 0. The molecule has 0 aliphatic carbocycles. The summed E-state index contributed by atoms with van der Waals surface area (Å²) in [5.41, 5.74) is 1.34. The Hall–Kier alpha value is -4.96. The van der Waals surface area contributed by atoms with Crippen LogP contribution in [0.4, 0.5) is 5.69 Å². The van der Waals surface area contributed by atoms with Crippen LogP contribution in [0.3, 0.4) is 0 Å². The first-order chi connectivity index (χ1) is 16.3. The van der Waals surface area contributed by atoms with Crippen molar-refractivity contribution in [1.29, 1.82) is 10.5 Å². The molecule has 1 aromatic heterocycles. The average molecular weight is 454 g/mol. The number of ether oxygens (including phenoxy) is 1. The highest BCUT2D eigenvalue weighted by atomic mass is 16.5. The molecule has 34 heavy (non-hydrogen) atoms. The number of nitriles is 2. The Morgan fingerprint density at radius 3 is 2.44 bits per heavy atom. The van der Waals surface area contributed by atoms with Gasteiger partial charge >= 0.3 is 0 Å². The van der Waals surface area contributed by atoms with Gasteiger partial charge in [-0.05, 0) is 43.3 Å². The molecule has 3 aromatic rings. The normalized spacial score (nSPS) is 14.8. The molecule has 1 aliphatic heterocycles. The van der Waals surface area contributed by atoms with Crippen LogP contribution in [0.1, 0.15) is 27.3 Å². The lowest BCUT2D eigenvalue weighted by Crippen LogP contribution is -2.50. The smallest absolute Gasteiger partial charge is 0.276 e. The topological polar surface area (TPSA) is 141 Å². The molecular weight excluding hydrogens is 436 g/mol. The predicted octanol–water partition coefficient (Wildman–Crippen LogP) is 1.44. The summed E-state index contributed by atoms with van der Waals surface area (Å²) in [5.74, 6) is -0.939. The van der Waals surface area contributed by atoms with Crippen LogP contribution in [0.15, 0.2) is 53.3 Å². The molecule has 1 unspecified atom stereocenters. The summed E-state index contributed by atoms with van der Waals surface area (Å²) in [5, 5.41) is 24.8. The van der Waals surface area contributed by atoms with Crippen LogP contribution >= 0.6 is 0 Å². The third kappa shape index (κ3) is 4.08. The molecule has 168 valence electrons. The molecule has 0 saturated carbocycles. The van der Waals surface area contributed by atoms with Gasteiger partial charge in [0, 0.05) is 24.9 Å². The van der Waals surface area contributed by atoms with Gasteiger partial charge in [-0.3, -0.25) is 14.4 Å². The van der Waals surface area contributed by atoms with Crippen LogP contribution in [0.25, 0.3) is 5.69 Å². The van der Waals surface area contributed by atoms with Crippen molar-refractivity contribution >= 4 is 17.5 Å². The number of rotatable bonds is 3. The minimum Gasteiger partial charge on any atom is -0.489 e. The lowest BCUT2D eigenvalue weighted by atomic mass is 10.2. The second-order valence-corrected chi connectivity index (χ2v) is 7.60. The van der Waals surface area contributed by atoms with Crippen molar-refractivity contribution < 1.29 is 14.3 Å². The zero-order chi connectivity index (χ0) is 24.4. The second kappa shape index (κ2) is 8.88. The molecule has 2 heterocycles. The molecule has 10 heteroatoms. The van der Waals surface area contributed by atoms with E-state index in [0.717, 1.165) is 0 Å². The number of nitrogens with zero attached hydrogens (tertiary/aromatic N) is 5. The fraction of sp³-hybridized carbons (Fsp3) is 0.167. The molecule has 2 aromatic carbocycles. The zero-order valence-electron chi connectivity index (χ0n) is 18.3. The number of fused-ring (bicyclic) bond motifs is 1. The minimum atomic E-state index is -1.08. The molecule has 2 amide bonds. The maximum absolute atomic E-state index is 13.0. The average Bonchev–Trinajstić information content (AvgIpc) is 2.96. The summed E-state index contributed by atoms with van der Waals surface area (Å²) in [6.45, 7) is 1.48. The van der Waals surface area contributed by atoms with E-state index in [1.807, 2.05) is 12.1 Å². The maximum atomic E-state index is 13.0. The molecule has 0 radical (unpaired) electrons. The highest BCUT2D eigenvalue weighted by molar-refractivity contribution is 6.02. The first-order valence-electron chi connectivity index (χ1n) is 10.2. The number of aryl methyl sites for hydroxylation is 1. The second-order valence-electron chi connectivity index (χ2n) is 7.60. The number of hydrogen-bond acceptors (Lipinski definition) is 7. The van der Waals surface area contributed by atoms with E-state index in [1.165, 1.54) is 28.8 Å². The summed E-state index contributed by atoms with van der Waals surface area (Å²) >= 11 is 0. The summed E-state index contributed by atoms with van der Waals surface area (Å²) < 4.78 is 7.10. The molecule has 0 bridgehead atoms. The zero-order valence-corrected chi connectivity index (χ0v) is 18.3. The van der Waals surface area contributed by atoms with Crippen LogP contribution in [0.2, 0.25) is 0 Å². The lowest BCUT2D eigenvalue weighted by Gasteiger charge is -2.20. The van der Waals surface area contributed by atoms with E-state index < -0.39 is 23.3 Å². The van der Waals surface area contributed by atoms with Crippen LogP contribution in [0, 0.1) is 29.6 Å². The van der Waals surface area contributed by atoms with Gasteiger partial charge < -0.3 is 15.0 Å². The van der Waals surface area contributed by atoms with E-state index in [2.05, 4.69) is 10.4 Å². The molecule has 4 rings (SSSR count). The third-order valence-electron chi connectivity index (χ3n) is 5.35. The summed E-state index contributed by atoms with van der Waals surface area (Å²) in [6, 6.07) is 15.4. The largest absolute Gasteiger partial charge is 0.489 e. The Bertz CT molecular complexity index is 1450. The first kappa shape index (κ1) is 22.2. The Labute approximate surface area is 194 Å². The van der Waals surface area contributed by atoms with Crippen molar-refractivity contribution in [1.82, 2.24) is 15.1 Å². The standard InChI is InChI=1S/C24H18N6O4/c1-14-9-20(31)22(28-30(14)17-6-3-15(11-25)4-7-17)23(32)27-18-13-34-21-10-16(12-26)5-8-19(21)29(2)24(18)33/h3-10,18H,13H2,1-2H3,(H,27,32). The van der Waals surface area contributed by atoms with E-state index >= 15 is 0 Å². The quantitative estimate of drug-likeness (QED) is 0.631. The van der Waals surface area contributed by atoms with Crippen molar-refractivity contribution in [3.63, 3.8) is 0 Å². The van der Waals surface area contributed by atoms with Crippen LogP contribution in [0.5, 0.6) is 5.75 Å². The van der Waals surface area contributed by atoms with E-state index in [4.69, 9.17) is 15.3 Å². The van der Waals surface area contributed by atoms with Gasteiger partial charge in [-0.25, -0.2) is 4.68 Å². The van der Waals surface area contributed by atoms with E-state index in [9.17, 15) is 14.4 Å². The number of hydrogen-bond donors (Lipinski definition) is 1. The predicted molar refractivity (Wildman–Crippen MR) is 121 cm³/mol. The van der Waals surface area contributed by atoms with Crippen molar-refractivity contribution in [3.05, 3.63) is 81.3 Å². The number of carbonyl (C=O) groups is 2. The van der Waals surface area contributed by atoms with E-state index in [0.29, 0.717) is 33.9 Å². The molecule has 0 spiro atoms. The van der Waals surface area contributed by atoms with Gasteiger partial charge in [0.1, 0.15) is 18.4 Å². The number of benzene rings is 2. The van der Waals surface area contributed by atoms with Gasteiger partial charge in [0.05, 0.1) is 34.6 Å². The van der Waals surface area contributed by atoms with Crippen LogP contribution < -0.4 is 20.4 Å².